The first kappa shape index (κ1) is 22.3. The molecular formula is C24H26N4O5. The zero-order valence-electron chi connectivity index (χ0n) is 18.7. The molecule has 2 aromatic carbocycles. The molecule has 0 unspecified atom stereocenters. The molecule has 1 aliphatic rings. The minimum absolute atomic E-state index is 0.110. The molecule has 1 aromatic heterocycles. The third-order valence-corrected chi connectivity index (χ3v) is 5.76. The predicted octanol–water partition coefficient (Wildman–Crippen LogP) is 4.79. The SMILES string of the molecule is CCOc1cc(C(=O)Nc2ccc(N3CCCCC3)c3ccncc23)c([N+](=O)[O-])cc1OC. The Morgan fingerprint density at radius 2 is 1.94 bits per heavy atom. The summed E-state index contributed by atoms with van der Waals surface area (Å²) < 4.78 is 10.7. The summed E-state index contributed by atoms with van der Waals surface area (Å²) in [4.78, 5) is 30.8. The standard InChI is InChI=1S/C24H26N4O5/c1-3-33-23-13-17(21(28(30)31)14-22(23)32-2)24(29)26-19-7-8-20(27-11-5-4-6-12-27)16-9-10-25-15-18(16)19/h7-10,13-15H,3-6,11-12H2,1-2H3,(H,26,29). The second-order valence-electron chi connectivity index (χ2n) is 7.77. The van der Waals surface area contributed by atoms with Crippen LogP contribution in [-0.4, -0.2) is 42.6 Å². The number of ether oxygens (including phenoxy) is 2. The number of amides is 1. The van der Waals surface area contributed by atoms with Gasteiger partial charge in [0.15, 0.2) is 11.5 Å². The summed E-state index contributed by atoms with van der Waals surface area (Å²) in [6, 6.07) is 8.29. The molecule has 1 saturated heterocycles. The van der Waals surface area contributed by atoms with E-state index in [4.69, 9.17) is 9.47 Å². The zero-order valence-corrected chi connectivity index (χ0v) is 18.7. The Morgan fingerprint density at radius 1 is 1.15 bits per heavy atom. The number of nitro benzene ring substituents is 1. The van der Waals surface area contributed by atoms with Crippen LogP contribution >= 0.6 is 0 Å². The Balaban J connectivity index is 1.72. The fourth-order valence-electron chi connectivity index (χ4n) is 4.19. The Bertz CT molecular complexity index is 1190. The van der Waals surface area contributed by atoms with Gasteiger partial charge < -0.3 is 19.7 Å². The van der Waals surface area contributed by atoms with Crippen molar-refractivity contribution in [1.29, 1.82) is 0 Å². The van der Waals surface area contributed by atoms with Crippen molar-refractivity contribution in [2.75, 3.05) is 37.0 Å². The van der Waals surface area contributed by atoms with Crippen LogP contribution in [0.15, 0.2) is 42.7 Å². The first-order valence-corrected chi connectivity index (χ1v) is 11.0. The van der Waals surface area contributed by atoms with Gasteiger partial charge >= 0.3 is 0 Å². The highest BCUT2D eigenvalue weighted by Crippen LogP contribution is 2.37. The molecule has 1 N–H and O–H groups in total. The highest BCUT2D eigenvalue weighted by atomic mass is 16.6. The second-order valence-corrected chi connectivity index (χ2v) is 7.77. The van der Waals surface area contributed by atoms with Crippen molar-refractivity contribution in [3.63, 3.8) is 0 Å². The Kier molecular flexibility index (Phi) is 6.58. The van der Waals surface area contributed by atoms with Crippen LogP contribution in [0.3, 0.4) is 0 Å². The van der Waals surface area contributed by atoms with Crippen LogP contribution in [0.1, 0.15) is 36.5 Å². The number of piperidine rings is 1. The average molecular weight is 450 g/mol. The number of hydrogen-bond acceptors (Lipinski definition) is 7. The number of nitrogens with one attached hydrogen (secondary N) is 1. The molecule has 0 spiro atoms. The molecule has 0 bridgehead atoms. The molecule has 172 valence electrons. The number of carbonyl (C=O) groups excluding carboxylic acids is 1. The van der Waals surface area contributed by atoms with Crippen molar-refractivity contribution in [3.05, 3.63) is 58.4 Å². The first-order chi connectivity index (χ1) is 16.0. The maximum Gasteiger partial charge on any atom is 0.286 e. The maximum absolute atomic E-state index is 13.2. The van der Waals surface area contributed by atoms with Gasteiger partial charge in [0.1, 0.15) is 5.56 Å². The molecular weight excluding hydrogens is 424 g/mol. The predicted molar refractivity (Wildman–Crippen MR) is 127 cm³/mol. The summed E-state index contributed by atoms with van der Waals surface area (Å²) in [5.41, 5.74) is 1.16. The molecule has 1 aliphatic heterocycles. The largest absolute Gasteiger partial charge is 0.493 e. The van der Waals surface area contributed by atoms with Crippen LogP contribution < -0.4 is 19.7 Å². The average Bonchev–Trinajstić information content (AvgIpc) is 2.84. The monoisotopic (exact) mass is 450 g/mol. The minimum Gasteiger partial charge on any atom is -0.493 e. The number of nitrogens with zero attached hydrogens (tertiary/aromatic N) is 3. The van der Waals surface area contributed by atoms with Crippen molar-refractivity contribution in [3.8, 4) is 11.5 Å². The van der Waals surface area contributed by atoms with Gasteiger partial charge in [-0.3, -0.25) is 19.9 Å². The summed E-state index contributed by atoms with van der Waals surface area (Å²) >= 11 is 0. The summed E-state index contributed by atoms with van der Waals surface area (Å²) in [7, 11) is 1.39. The number of carbonyl (C=O) groups is 1. The number of fused-ring (bicyclic) bond motifs is 1. The van der Waals surface area contributed by atoms with Gasteiger partial charge in [-0.25, -0.2) is 0 Å². The minimum atomic E-state index is -0.610. The number of rotatable bonds is 7. The van der Waals surface area contributed by atoms with E-state index >= 15 is 0 Å². The van der Waals surface area contributed by atoms with Gasteiger partial charge in [-0.05, 0) is 44.4 Å². The number of aromatic nitrogens is 1. The van der Waals surface area contributed by atoms with Crippen LogP contribution in [0.4, 0.5) is 17.1 Å². The molecule has 1 amide bonds. The topological polar surface area (TPSA) is 107 Å². The highest BCUT2D eigenvalue weighted by Gasteiger charge is 2.25. The van der Waals surface area contributed by atoms with Crippen molar-refractivity contribution in [1.82, 2.24) is 4.98 Å². The highest BCUT2D eigenvalue weighted by molar-refractivity contribution is 6.12. The van der Waals surface area contributed by atoms with Crippen molar-refractivity contribution in [2.24, 2.45) is 0 Å². The maximum atomic E-state index is 13.2. The van der Waals surface area contributed by atoms with Gasteiger partial charge in [0, 0.05) is 48.0 Å². The molecule has 1 fully saturated rings. The van der Waals surface area contributed by atoms with Crippen LogP contribution in [0.5, 0.6) is 11.5 Å². The van der Waals surface area contributed by atoms with Gasteiger partial charge in [-0.2, -0.15) is 0 Å². The van der Waals surface area contributed by atoms with E-state index in [0.717, 1.165) is 42.4 Å². The molecule has 9 heteroatoms. The third kappa shape index (κ3) is 4.52. The van der Waals surface area contributed by atoms with E-state index in [1.54, 1.807) is 19.3 Å². The van der Waals surface area contributed by atoms with Crippen molar-refractivity contribution >= 4 is 33.7 Å². The molecule has 2 heterocycles. The van der Waals surface area contributed by atoms with Crippen LogP contribution in [0.2, 0.25) is 0 Å². The lowest BCUT2D eigenvalue weighted by Crippen LogP contribution is -2.29. The first-order valence-electron chi connectivity index (χ1n) is 11.0. The molecule has 33 heavy (non-hydrogen) atoms. The third-order valence-electron chi connectivity index (χ3n) is 5.76. The molecule has 0 radical (unpaired) electrons. The van der Waals surface area contributed by atoms with E-state index in [0.29, 0.717) is 12.3 Å². The number of hydrogen-bond donors (Lipinski definition) is 1. The van der Waals surface area contributed by atoms with E-state index < -0.39 is 10.8 Å². The molecule has 4 rings (SSSR count). The Labute approximate surface area is 191 Å². The Morgan fingerprint density at radius 3 is 2.64 bits per heavy atom. The fraction of sp³-hybridized carbons (Fsp3) is 0.333. The quantitative estimate of drug-likeness (QED) is 0.407. The summed E-state index contributed by atoms with van der Waals surface area (Å²) in [6.07, 6.45) is 6.95. The van der Waals surface area contributed by atoms with Crippen LogP contribution in [0, 0.1) is 10.1 Å². The van der Waals surface area contributed by atoms with Gasteiger partial charge in [0.05, 0.1) is 30.4 Å². The normalized spacial score (nSPS) is 13.6. The van der Waals surface area contributed by atoms with Crippen molar-refractivity contribution in [2.45, 2.75) is 26.2 Å². The van der Waals surface area contributed by atoms with Crippen LogP contribution in [-0.2, 0) is 0 Å². The van der Waals surface area contributed by atoms with Gasteiger partial charge in [-0.15, -0.1) is 0 Å². The van der Waals surface area contributed by atoms with Crippen molar-refractivity contribution < 1.29 is 19.2 Å². The van der Waals surface area contributed by atoms with E-state index in [1.165, 1.54) is 25.7 Å². The van der Waals surface area contributed by atoms with Gasteiger partial charge in [0.2, 0.25) is 0 Å². The lowest BCUT2D eigenvalue weighted by atomic mass is 10.0. The summed E-state index contributed by atoms with van der Waals surface area (Å²) in [5.74, 6) is -0.149. The molecule has 0 atom stereocenters. The van der Waals surface area contributed by atoms with E-state index in [1.807, 2.05) is 18.2 Å². The van der Waals surface area contributed by atoms with E-state index in [2.05, 4.69) is 15.2 Å². The molecule has 3 aromatic rings. The van der Waals surface area contributed by atoms with E-state index in [9.17, 15) is 14.9 Å². The number of benzene rings is 2. The summed E-state index contributed by atoms with van der Waals surface area (Å²) in [5, 5.41) is 16.2. The number of anilines is 2. The smallest absolute Gasteiger partial charge is 0.286 e. The van der Waals surface area contributed by atoms with Gasteiger partial charge in [0.25, 0.3) is 11.6 Å². The second kappa shape index (κ2) is 9.72. The summed E-state index contributed by atoms with van der Waals surface area (Å²) in [6.45, 7) is 4.08. The lowest BCUT2D eigenvalue weighted by Gasteiger charge is -2.30. The zero-order chi connectivity index (χ0) is 23.4. The fourth-order valence-corrected chi connectivity index (χ4v) is 4.19. The number of pyridine rings is 1. The number of methoxy groups -OCH3 is 1. The molecule has 0 aliphatic carbocycles. The van der Waals surface area contributed by atoms with Gasteiger partial charge in [-0.1, -0.05) is 0 Å². The molecule has 0 saturated carbocycles. The molecule has 9 nitrogen and oxygen atoms in total. The van der Waals surface area contributed by atoms with Crippen LogP contribution in [0.25, 0.3) is 10.8 Å². The van der Waals surface area contributed by atoms with E-state index in [-0.39, 0.29) is 22.7 Å². The number of nitro groups is 1. The Hall–Kier alpha value is -3.88. The lowest BCUT2D eigenvalue weighted by molar-refractivity contribution is -0.385.